The first-order valence-corrected chi connectivity index (χ1v) is 7.33. The highest BCUT2D eigenvalue weighted by Crippen LogP contribution is 2.42. The number of carbonyl (C=O) groups excluding carboxylic acids is 1. The molecule has 0 fully saturated rings. The molecule has 4 heteroatoms. The first-order valence-electron chi connectivity index (χ1n) is 7.33. The second-order valence-corrected chi connectivity index (χ2v) is 5.71. The number of rotatable bonds is 1. The largest absolute Gasteiger partial charge is 0.372 e. The van der Waals surface area contributed by atoms with Crippen molar-refractivity contribution in [3.63, 3.8) is 0 Å². The third-order valence-corrected chi connectivity index (χ3v) is 4.41. The van der Waals surface area contributed by atoms with Crippen LogP contribution in [-0.2, 0) is 11.2 Å². The number of hydrogen-bond donors (Lipinski definition) is 0. The molecule has 0 aliphatic carbocycles. The molecule has 2 aliphatic rings. The Hall–Kier alpha value is -2.36. The Balaban J connectivity index is 1.91. The molecule has 0 N–H and O–H groups in total. The Labute approximate surface area is 124 Å². The molecule has 2 aromatic rings. The monoisotopic (exact) mass is 279 g/mol. The lowest BCUT2D eigenvalue weighted by atomic mass is 10.0. The molecule has 106 valence electrons. The van der Waals surface area contributed by atoms with E-state index in [1.54, 1.807) is 6.20 Å². The van der Waals surface area contributed by atoms with E-state index in [1.165, 1.54) is 11.1 Å². The van der Waals surface area contributed by atoms with Crippen LogP contribution in [0.25, 0.3) is 11.1 Å². The molecule has 0 atom stereocenters. The van der Waals surface area contributed by atoms with Crippen molar-refractivity contribution in [3.8, 4) is 11.1 Å². The highest BCUT2D eigenvalue weighted by molar-refractivity contribution is 6.02. The minimum absolute atomic E-state index is 0.244. The maximum absolute atomic E-state index is 12.2. The zero-order valence-corrected chi connectivity index (χ0v) is 12.0. The van der Waals surface area contributed by atoms with Crippen molar-refractivity contribution in [2.45, 2.75) is 12.8 Å². The van der Waals surface area contributed by atoms with Gasteiger partial charge in [-0.2, -0.15) is 0 Å². The zero-order chi connectivity index (χ0) is 14.4. The van der Waals surface area contributed by atoms with Crippen molar-refractivity contribution in [2.24, 2.45) is 0 Å². The van der Waals surface area contributed by atoms with Crippen LogP contribution in [0.4, 0.5) is 11.4 Å². The average Bonchev–Trinajstić information content (AvgIpc) is 2.91. The summed E-state index contributed by atoms with van der Waals surface area (Å²) >= 11 is 0. The normalized spacial score (nSPS) is 16.9. The fourth-order valence-electron chi connectivity index (χ4n) is 3.28. The number of pyridine rings is 1. The zero-order valence-electron chi connectivity index (χ0n) is 12.0. The molecule has 3 heterocycles. The lowest BCUT2D eigenvalue weighted by Crippen LogP contribution is -2.28. The van der Waals surface area contributed by atoms with E-state index in [9.17, 15) is 4.79 Å². The van der Waals surface area contributed by atoms with Crippen molar-refractivity contribution in [1.82, 2.24) is 4.98 Å². The standard InChI is InChI=1S/C17H17N3O/c1-19-7-5-16(21)20-8-4-12-9-14(10-15(19)17(12)20)13-3-2-6-18-11-13/h2-3,6,9-11H,4-5,7-8H2,1H3. The van der Waals surface area contributed by atoms with Crippen LogP contribution in [0.1, 0.15) is 12.0 Å². The number of hydrogen-bond acceptors (Lipinski definition) is 3. The molecule has 0 saturated heterocycles. The van der Waals surface area contributed by atoms with Gasteiger partial charge in [0.2, 0.25) is 5.91 Å². The molecule has 2 aliphatic heterocycles. The molecule has 0 unspecified atom stereocenters. The molecule has 1 aromatic carbocycles. The van der Waals surface area contributed by atoms with Gasteiger partial charge < -0.3 is 9.80 Å². The molecule has 4 nitrogen and oxygen atoms in total. The van der Waals surface area contributed by atoms with Gasteiger partial charge in [0.15, 0.2) is 0 Å². The van der Waals surface area contributed by atoms with Gasteiger partial charge >= 0.3 is 0 Å². The number of carbonyl (C=O) groups is 1. The van der Waals surface area contributed by atoms with Crippen molar-refractivity contribution >= 4 is 17.3 Å². The summed E-state index contributed by atoms with van der Waals surface area (Å²) in [5, 5.41) is 0. The fourth-order valence-corrected chi connectivity index (χ4v) is 3.28. The van der Waals surface area contributed by atoms with Crippen LogP contribution < -0.4 is 9.80 Å². The summed E-state index contributed by atoms with van der Waals surface area (Å²) in [6.07, 6.45) is 5.21. The quantitative estimate of drug-likeness (QED) is 0.804. The third-order valence-electron chi connectivity index (χ3n) is 4.41. The third kappa shape index (κ3) is 1.90. The maximum Gasteiger partial charge on any atom is 0.228 e. The second-order valence-electron chi connectivity index (χ2n) is 5.71. The van der Waals surface area contributed by atoms with Gasteiger partial charge in [-0.1, -0.05) is 6.07 Å². The Morgan fingerprint density at radius 1 is 1.14 bits per heavy atom. The first-order chi connectivity index (χ1) is 10.2. The summed E-state index contributed by atoms with van der Waals surface area (Å²) in [4.78, 5) is 20.6. The predicted molar refractivity (Wildman–Crippen MR) is 83.6 cm³/mol. The number of benzene rings is 1. The van der Waals surface area contributed by atoms with Gasteiger partial charge in [0.25, 0.3) is 0 Å². The van der Waals surface area contributed by atoms with E-state index in [1.807, 2.05) is 17.2 Å². The maximum atomic E-state index is 12.2. The van der Waals surface area contributed by atoms with Gasteiger partial charge in [-0.3, -0.25) is 9.78 Å². The number of nitrogens with zero attached hydrogens (tertiary/aromatic N) is 3. The smallest absolute Gasteiger partial charge is 0.228 e. The van der Waals surface area contributed by atoms with E-state index in [0.717, 1.165) is 36.4 Å². The summed E-state index contributed by atoms with van der Waals surface area (Å²) in [6.45, 7) is 1.59. The van der Waals surface area contributed by atoms with Crippen LogP contribution >= 0.6 is 0 Å². The Bertz CT molecular complexity index is 711. The molecule has 0 saturated carbocycles. The van der Waals surface area contributed by atoms with Crippen LogP contribution in [0.15, 0.2) is 36.7 Å². The molecule has 0 bridgehead atoms. The number of aromatic nitrogens is 1. The van der Waals surface area contributed by atoms with E-state index in [0.29, 0.717) is 6.42 Å². The Morgan fingerprint density at radius 3 is 2.86 bits per heavy atom. The van der Waals surface area contributed by atoms with Crippen molar-refractivity contribution in [3.05, 3.63) is 42.2 Å². The summed E-state index contributed by atoms with van der Waals surface area (Å²) in [7, 11) is 2.07. The van der Waals surface area contributed by atoms with Crippen LogP contribution in [0.3, 0.4) is 0 Å². The summed E-state index contributed by atoms with van der Waals surface area (Å²) in [6, 6.07) is 8.44. The van der Waals surface area contributed by atoms with Crippen LogP contribution in [0.2, 0.25) is 0 Å². The Morgan fingerprint density at radius 2 is 2.05 bits per heavy atom. The van der Waals surface area contributed by atoms with Gasteiger partial charge in [-0.25, -0.2) is 0 Å². The van der Waals surface area contributed by atoms with E-state index in [-0.39, 0.29) is 5.91 Å². The minimum atomic E-state index is 0.244. The molecule has 21 heavy (non-hydrogen) atoms. The fraction of sp³-hybridized carbons (Fsp3) is 0.294. The van der Waals surface area contributed by atoms with Crippen LogP contribution in [-0.4, -0.2) is 31.0 Å². The lowest BCUT2D eigenvalue weighted by molar-refractivity contribution is -0.118. The second kappa shape index (κ2) is 4.58. The molecular weight excluding hydrogens is 262 g/mol. The highest BCUT2D eigenvalue weighted by Gasteiger charge is 2.31. The van der Waals surface area contributed by atoms with Gasteiger partial charge in [0.05, 0.1) is 11.4 Å². The van der Waals surface area contributed by atoms with Gasteiger partial charge in [-0.05, 0) is 35.7 Å². The van der Waals surface area contributed by atoms with E-state index >= 15 is 0 Å². The number of amides is 1. The van der Waals surface area contributed by atoms with Crippen LogP contribution in [0, 0.1) is 0 Å². The van der Waals surface area contributed by atoms with E-state index in [2.05, 4.69) is 35.1 Å². The first kappa shape index (κ1) is 12.4. The molecule has 0 radical (unpaired) electrons. The average molecular weight is 279 g/mol. The summed E-state index contributed by atoms with van der Waals surface area (Å²) in [5.74, 6) is 0.244. The lowest BCUT2D eigenvalue weighted by Gasteiger charge is -2.22. The Kier molecular flexibility index (Phi) is 2.70. The topological polar surface area (TPSA) is 36.4 Å². The molecule has 1 amide bonds. The van der Waals surface area contributed by atoms with Crippen molar-refractivity contribution < 1.29 is 4.79 Å². The highest BCUT2D eigenvalue weighted by atomic mass is 16.2. The summed E-state index contributed by atoms with van der Waals surface area (Å²) < 4.78 is 0. The molecule has 1 aromatic heterocycles. The number of anilines is 2. The summed E-state index contributed by atoms with van der Waals surface area (Å²) in [5.41, 5.74) is 5.86. The van der Waals surface area contributed by atoms with Crippen LogP contribution in [0.5, 0.6) is 0 Å². The SMILES string of the molecule is CN1CCC(=O)N2CCc3cc(-c4cccnc4)cc1c32. The van der Waals surface area contributed by atoms with Crippen molar-refractivity contribution in [1.29, 1.82) is 0 Å². The van der Waals surface area contributed by atoms with Gasteiger partial charge in [0, 0.05) is 44.5 Å². The molecular formula is C17H17N3O. The predicted octanol–water partition coefficient (Wildman–Crippen LogP) is 2.48. The van der Waals surface area contributed by atoms with E-state index < -0.39 is 0 Å². The van der Waals surface area contributed by atoms with E-state index in [4.69, 9.17) is 0 Å². The van der Waals surface area contributed by atoms with Gasteiger partial charge in [-0.15, -0.1) is 0 Å². The minimum Gasteiger partial charge on any atom is -0.372 e. The van der Waals surface area contributed by atoms with Gasteiger partial charge in [0.1, 0.15) is 0 Å². The van der Waals surface area contributed by atoms with Crippen molar-refractivity contribution in [2.75, 3.05) is 29.9 Å². The molecule has 0 spiro atoms. The molecule has 4 rings (SSSR count).